The quantitative estimate of drug-likeness (QED) is 0.0847. The molecule has 7 heterocycles. The van der Waals surface area contributed by atoms with Gasteiger partial charge < -0.3 is 9.88 Å². The molecule has 394 valence electrons. The number of aromatic nitrogens is 3. The van der Waals surface area contributed by atoms with Crippen molar-refractivity contribution >= 4 is 51.2 Å². The molecule has 0 radical (unpaired) electrons. The minimum atomic E-state index is -0.787. The van der Waals surface area contributed by atoms with Crippen LogP contribution in [0, 0.1) is 22.6 Å². The number of pyridine rings is 2. The summed E-state index contributed by atoms with van der Waals surface area (Å²) in [6.07, 6.45) is 11.9. The van der Waals surface area contributed by atoms with Gasteiger partial charge >= 0.3 is 5.91 Å². The highest BCUT2D eigenvalue weighted by atomic mass is 19.1. The zero-order chi connectivity index (χ0) is 53.0. The van der Waals surface area contributed by atoms with Crippen LogP contribution in [0.25, 0.3) is 27.9 Å². The van der Waals surface area contributed by atoms with E-state index in [-0.39, 0.29) is 41.6 Å². The molecule has 2 amide bonds. The van der Waals surface area contributed by atoms with Gasteiger partial charge in [-0.3, -0.25) is 38.6 Å². The van der Waals surface area contributed by atoms with Gasteiger partial charge in [0.15, 0.2) is 11.8 Å². The smallest absolute Gasteiger partial charge is 0.388 e. The Morgan fingerprint density at radius 2 is 1.75 bits per heavy atom. The molecule has 0 bridgehead atoms. The molecule has 75 heavy (non-hydrogen) atoms. The Morgan fingerprint density at radius 1 is 0.973 bits per heavy atom. The summed E-state index contributed by atoms with van der Waals surface area (Å²) in [4.78, 5) is 79.5. The fourth-order valence-electron chi connectivity index (χ4n) is 12.9. The number of amides is 2. The second-order valence-electron chi connectivity index (χ2n) is 22.7. The van der Waals surface area contributed by atoms with E-state index in [0.717, 1.165) is 114 Å². The Morgan fingerprint density at radius 3 is 2.45 bits per heavy atom. The Kier molecular flexibility index (Phi) is 14.5. The average molecular weight is 1020 g/mol. The van der Waals surface area contributed by atoms with Crippen molar-refractivity contribution < 1.29 is 23.5 Å². The van der Waals surface area contributed by atoms with Crippen LogP contribution < -0.4 is 15.8 Å². The number of Topliss-reactive ketones (excluding diaryl/α,β-unsaturated/α-hetero) is 1. The predicted octanol–water partition coefficient (Wildman–Crippen LogP) is 9.47. The normalized spacial score (nSPS) is 23.1. The molecule has 15 heteroatoms. The molecule has 2 aromatic carbocycles. The first-order valence-corrected chi connectivity index (χ1v) is 27.1. The van der Waals surface area contributed by atoms with E-state index < -0.39 is 17.4 Å². The van der Waals surface area contributed by atoms with E-state index >= 15 is 4.39 Å². The molecule has 3 aromatic heterocycles. The van der Waals surface area contributed by atoms with Crippen LogP contribution in [-0.2, 0) is 28.6 Å². The van der Waals surface area contributed by atoms with E-state index in [1.165, 1.54) is 6.07 Å². The highest BCUT2D eigenvalue weighted by molar-refractivity contribution is 6.10. The molecule has 1 aliphatic carbocycles. The number of piperazine rings is 1. The number of anilines is 2. The number of allylic oxidation sites excluding steroid dienone is 1. The van der Waals surface area contributed by atoms with Crippen molar-refractivity contribution in [3.05, 3.63) is 134 Å². The van der Waals surface area contributed by atoms with E-state index in [2.05, 4.69) is 74.3 Å². The van der Waals surface area contributed by atoms with Gasteiger partial charge in [-0.05, 0) is 144 Å². The van der Waals surface area contributed by atoms with Gasteiger partial charge in [-0.1, -0.05) is 30.4 Å². The maximum atomic E-state index is 16.4. The fourth-order valence-corrected chi connectivity index (χ4v) is 12.9. The summed E-state index contributed by atoms with van der Waals surface area (Å²) in [5.74, 6) is -0.192. The Labute approximate surface area is 439 Å². The van der Waals surface area contributed by atoms with Crippen molar-refractivity contribution in [2.45, 2.75) is 116 Å². The van der Waals surface area contributed by atoms with E-state index in [4.69, 9.17) is 0 Å². The number of piperidine rings is 1. The van der Waals surface area contributed by atoms with Gasteiger partial charge in [-0.25, -0.2) is 14.2 Å². The van der Waals surface area contributed by atoms with Gasteiger partial charge in [0.1, 0.15) is 11.5 Å². The van der Waals surface area contributed by atoms with E-state index in [9.17, 15) is 24.1 Å². The van der Waals surface area contributed by atoms with Crippen LogP contribution in [0.2, 0.25) is 0 Å². The molecule has 3 fully saturated rings. The van der Waals surface area contributed by atoms with Crippen LogP contribution in [-0.4, -0.2) is 116 Å². The van der Waals surface area contributed by atoms with Gasteiger partial charge in [0.2, 0.25) is 12.5 Å². The van der Waals surface area contributed by atoms with Gasteiger partial charge in [0.25, 0.3) is 5.56 Å². The number of fused-ring (bicyclic) bond motifs is 2. The number of carbonyl (C=O) groups is 3. The molecule has 3 atom stereocenters. The van der Waals surface area contributed by atoms with E-state index in [1.54, 1.807) is 35.0 Å². The number of hydrogen-bond acceptors (Lipinski definition) is 10. The fraction of sp³-hybridized carbons (Fsp3) is 0.483. The second-order valence-corrected chi connectivity index (χ2v) is 22.7. The number of ketones is 1. The number of rotatable bonds is 14. The van der Waals surface area contributed by atoms with Crippen LogP contribution in [0.1, 0.15) is 130 Å². The Bertz CT molecular complexity index is 3200. The summed E-state index contributed by atoms with van der Waals surface area (Å²) in [7, 11) is 3.80. The standard InChI is InChI=1S/C60H72FN9O5/c1-37(2)46-30-44(31-49(61)56(46)43-18-23-66(24-19-43)39(4)53-33-47-50(17-21-63-57(47)64(53)8)68-25-20-45(62-7)32-55(68)72)54(71)29-40-11-13-41(14-12-40)36-67-27-26-65(34-38(67)3)35-42-15-16-51-48(28-42)60(5,6)59(74)70(51)52-10-9-22-69(75)58(52)73/h15-18,20-21,25,28,30-33,38-41,52H,1,9-14,19,22-24,26-27,29,34-36H2,2-8H3/p+1/t38-,39-,40?,41?,52?/m0/s1. The summed E-state index contributed by atoms with van der Waals surface area (Å²) in [6, 6.07) is 16.6. The van der Waals surface area contributed by atoms with Crippen molar-refractivity contribution in [3.63, 3.8) is 0 Å². The lowest BCUT2D eigenvalue weighted by atomic mass is 9.78. The Balaban J connectivity index is 0.720. The number of aryl methyl sites for hydroxylation is 1. The van der Waals surface area contributed by atoms with Crippen LogP contribution >= 0.6 is 0 Å². The number of hydrogen-bond donors (Lipinski definition) is 1. The van der Waals surface area contributed by atoms with Gasteiger partial charge in [0.05, 0.1) is 15.9 Å². The largest absolute Gasteiger partial charge is 0.455 e. The molecule has 0 spiro atoms. The first kappa shape index (κ1) is 52.0. The van der Waals surface area contributed by atoms with Crippen LogP contribution in [0.5, 0.6) is 0 Å². The predicted molar refractivity (Wildman–Crippen MR) is 294 cm³/mol. The number of nitrogens with zero attached hydrogens (tertiary/aromatic N) is 8. The SMILES string of the molecule is C=C(C)c1cc(C(=O)CC2CCC(CN3CCN(Cc4ccc5c(c4)C(C)(C)C(=O)N5C4CCC[N+](=O)C4=O)C[C@@H]3C)CC2)cc(F)c1C1=CCN([C@@H](C)c2cc3c(-n4ccc(NC)cc4=O)ccnc3n2C)CC1. The molecule has 1 unspecified atom stereocenters. The molecule has 2 saturated heterocycles. The third kappa shape index (κ3) is 9.99. The molecule has 10 rings (SSSR count). The molecule has 14 nitrogen and oxygen atoms in total. The number of halogens is 1. The van der Waals surface area contributed by atoms with Gasteiger partial charge in [0, 0.05) is 142 Å². The number of carbonyl (C=O) groups excluding carboxylic acids is 3. The monoisotopic (exact) mass is 1020 g/mol. The summed E-state index contributed by atoms with van der Waals surface area (Å²) in [6.45, 7) is 20.6. The maximum absolute atomic E-state index is 16.4. The van der Waals surface area contributed by atoms with Crippen molar-refractivity contribution in [1.29, 1.82) is 0 Å². The molecule has 5 aliphatic rings. The summed E-state index contributed by atoms with van der Waals surface area (Å²) in [5, 5.41) is 3.92. The second kappa shape index (κ2) is 21.0. The van der Waals surface area contributed by atoms with Crippen molar-refractivity contribution in [2.24, 2.45) is 18.9 Å². The lowest BCUT2D eigenvalue weighted by molar-refractivity contribution is -0.477. The molecule has 4 aliphatic heterocycles. The van der Waals surface area contributed by atoms with Gasteiger partial charge in [-0.15, -0.1) is 0 Å². The zero-order valence-corrected chi connectivity index (χ0v) is 44.8. The highest BCUT2D eigenvalue weighted by Crippen LogP contribution is 2.45. The van der Waals surface area contributed by atoms with Crippen LogP contribution in [0.3, 0.4) is 0 Å². The first-order chi connectivity index (χ1) is 35.9. The van der Waals surface area contributed by atoms with E-state index in [0.29, 0.717) is 72.2 Å². The average Bonchev–Trinajstić information content (AvgIpc) is 3.83. The first-order valence-electron chi connectivity index (χ1n) is 27.1. The topological polar surface area (TPSA) is 136 Å². The van der Waals surface area contributed by atoms with Crippen LogP contribution in [0.4, 0.5) is 15.8 Å². The maximum Gasteiger partial charge on any atom is 0.455 e. The molecular formula is C60H73FN9O5+. The third-order valence-corrected chi connectivity index (χ3v) is 17.4. The number of benzene rings is 2. The minimum absolute atomic E-state index is 0.00741. The lowest BCUT2D eigenvalue weighted by Gasteiger charge is -2.42. The summed E-state index contributed by atoms with van der Waals surface area (Å²) < 4.78 is 20.7. The van der Waals surface area contributed by atoms with E-state index in [1.807, 2.05) is 52.1 Å². The zero-order valence-electron chi connectivity index (χ0n) is 44.8. The van der Waals surface area contributed by atoms with Crippen LogP contribution in [0.15, 0.2) is 84.4 Å². The molecule has 1 saturated carbocycles. The summed E-state index contributed by atoms with van der Waals surface area (Å²) in [5.41, 5.74) is 8.58. The number of nitrogens with one attached hydrogen (secondary N) is 1. The lowest BCUT2D eigenvalue weighted by Crippen LogP contribution is -2.52. The summed E-state index contributed by atoms with van der Waals surface area (Å²) >= 11 is 0. The van der Waals surface area contributed by atoms with Crippen molar-refractivity contribution in [2.75, 3.05) is 63.1 Å². The highest BCUT2D eigenvalue weighted by Gasteiger charge is 2.52. The van der Waals surface area contributed by atoms with Crippen molar-refractivity contribution in [3.8, 4) is 5.69 Å². The molecular weight excluding hydrogens is 946 g/mol. The molecule has 5 aromatic rings. The van der Waals surface area contributed by atoms with Crippen molar-refractivity contribution in [1.82, 2.24) is 28.8 Å². The van der Waals surface area contributed by atoms with Gasteiger partial charge in [-0.2, -0.15) is 0 Å². The Hall–Kier alpha value is -6.42. The minimum Gasteiger partial charge on any atom is -0.388 e. The number of nitroso groups, excluding NO2 is 1. The third-order valence-electron chi connectivity index (χ3n) is 17.4. The molecule has 1 N–H and O–H groups in total.